The maximum Gasteiger partial charge on any atom is 0.159 e. The third kappa shape index (κ3) is 3.90. The molecule has 6 heteroatoms. The molecule has 1 N–H and O–H groups in total. The van der Waals surface area contributed by atoms with Gasteiger partial charge in [0.05, 0.1) is 18.1 Å². The number of hydrogen-bond donors (Lipinski definition) is 1. The number of aromatic nitrogens is 2. The molecular weight excluding hydrogens is 267 g/mol. The fraction of sp³-hybridized carbons (Fsp3) is 0.231. The lowest BCUT2D eigenvalue weighted by atomic mass is 10.2. The molecule has 2 aromatic rings. The second-order valence-electron chi connectivity index (χ2n) is 3.89. The molecule has 0 fully saturated rings. The van der Waals surface area contributed by atoms with Crippen LogP contribution in [0.15, 0.2) is 36.5 Å². The van der Waals surface area contributed by atoms with Gasteiger partial charge in [-0.2, -0.15) is 0 Å². The average molecular weight is 280 g/mol. The molecule has 0 amide bonds. The Kier molecular flexibility index (Phi) is 4.70. The molecule has 0 saturated carbocycles. The minimum Gasteiger partial charge on any atom is -0.395 e. The molecule has 1 aromatic carbocycles. The Hall–Kier alpha value is -1.66. The summed E-state index contributed by atoms with van der Waals surface area (Å²) in [6.07, 6.45) is 1.58. The van der Waals surface area contributed by atoms with Gasteiger partial charge in [-0.3, -0.25) is 4.21 Å². The first kappa shape index (κ1) is 13.8. The monoisotopic (exact) mass is 280 g/mol. The highest BCUT2D eigenvalue weighted by molar-refractivity contribution is 7.84. The lowest BCUT2D eigenvalue weighted by Crippen LogP contribution is -2.06. The Balaban J connectivity index is 2.19. The number of rotatable bonds is 5. The summed E-state index contributed by atoms with van der Waals surface area (Å²) in [5, 5.41) is 8.71. The normalized spacial score (nSPS) is 12.3. The summed E-state index contributed by atoms with van der Waals surface area (Å²) in [6, 6.07) is 7.56. The fourth-order valence-corrected chi connectivity index (χ4v) is 2.39. The molecule has 0 spiro atoms. The summed E-state index contributed by atoms with van der Waals surface area (Å²) in [5.74, 6) is 0.662. The van der Waals surface area contributed by atoms with E-state index in [1.54, 1.807) is 24.4 Å². The van der Waals surface area contributed by atoms with E-state index in [1.807, 2.05) is 0 Å². The maximum absolute atomic E-state index is 12.8. The summed E-state index contributed by atoms with van der Waals surface area (Å²) in [4.78, 5) is 8.40. The van der Waals surface area contributed by atoms with E-state index in [9.17, 15) is 8.60 Å². The molecule has 1 atom stereocenters. The molecular formula is C13H13FN2O2S. The van der Waals surface area contributed by atoms with Gasteiger partial charge in [0.25, 0.3) is 0 Å². The van der Waals surface area contributed by atoms with Gasteiger partial charge >= 0.3 is 0 Å². The van der Waals surface area contributed by atoms with E-state index in [-0.39, 0.29) is 23.9 Å². The third-order valence-electron chi connectivity index (χ3n) is 2.44. The van der Waals surface area contributed by atoms with Gasteiger partial charge < -0.3 is 5.11 Å². The quantitative estimate of drug-likeness (QED) is 0.902. The van der Waals surface area contributed by atoms with E-state index in [0.29, 0.717) is 17.1 Å². The Labute approximate surface area is 112 Å². The molecule has 0 aliphatic carbocycles. The molecule has 1 unspecified atom stereocenters. The molecule has 0 aliphatic heterocycles. The Bertz CT molecular complexity index is 575. The highest BCUT2D eigenvalue weighted by atomic mass is 32.2. The minimum absolute atomic E-state index is 0.109. The SMILES string of the molecule is O=S(CCO)Cc1ccnc(-c2ccc(F)cc2)n1. The average Bonchev–Trinajstić information content (AvgIpc) is 2.40. The van der Waals surface area contributed by atoms with Crippen molar-refractivity contribution in [1.82, 2.24) is 9.97 Å². The standard InChI is InChI=1S/C13H13FN2O2S/c14-11-3-1-10(2-4-11)13-15-6-5-12(16-13)9-19(18)8-7-17/h1-6,17H,7-9H2. The van der Waals surface area contributed by atoms with Crippen LogP contribution < -0.4 is 0 Å². The number of nitrogens with zero attached hydrogens (tertiary/aromatic N) is 2. The van der Waals surface area contributed by atoms with Crippen molar-refractivity contribution in [3.05, 3.63) is 48.0 Å². The molecule has 0 radical (unpaired) electrons. The van der Waals surface area contributed by atoms with Gasteiger partial charge in [0.15, 0.2) is 5.82 Å². The molecule has 0 saturated heterocycles. The molecule has 0 aliphatic rings. The largest absolute Gasteiger partial charge is 0.395 e. The van der Waals surface area contributed by atoms with Crippen LogP contribution in [0.25, 0.3) is 11.4 Å². The molecule has 4 nitrogen and oxygen atoms in total. The number of aliphatic hydroxyl groups excluding tert-OH is 1. The lowest BCUT2D eigenvalue weighted by Gasteiger charge is -2.03. The highest BCUT2D eigenvalue weighted by Crippen LogP contribution is 2.15. The predicted molar refractivity (Wildman–Crippen MR) is 71.2 cm³/mol. The van der Waals surface area contributed by atoms with E-state index < -0.39 is 10.8 Å². The second kappa shape index (κ2) is 6.49. The minimum atomic E-state index is -1.14. The van der Waals surface area contributed by atoms with Crippen LogP contribution in [-0.2, 0) is 16.6 Å². The molecule has 19 heavy (non-hydrogen) atoms. The van der Waals surface area contributed by atoms with Crippen LogP contribution in [0.1, 0.15) is 5.69 Å². The van der Waals surface area contributed by atoms with Crippen molar-refractivity contribution >= 4 is 10.8 Å². The fourth-order valence-electron chi connectivity index (χ4n) is 1.55. The van der Waals surface area contributed by atoms with Gasteiger partial charge in [-0.15, -0.1) is 0 Å². The zero-order valence-electron chi connectivity index (χ0n) is 10.1. The first-order valence-electron chi connectivity index (χ1n) is 5.73. The highest BCUT2D eigenvalue weighted by Gasteiger charge is 2.06. The molecule has 1 heterocycles. The van der Waals surface area contributed by atoms with Crippen molar-refractivity contribution in [2.75, 3.05) is 12.4 Å². The molecule has 1 aromatic heterocycles. The van der Waals surface area contributed by atoms with Gasteiger partial charge in [0.1, 0.15) is 5.82 Å². The number of benzene rings is 1. The van der Waals surface area contributed by atoms with Crippen molar-refractivity contribution in [2.24, 2.45) is 0 Å². The Morgan fingerprint density at radius 1 is 1.21 bits per heavy atom. The van der Waals surface area contributed by atoms with Crippen LogP contribution in [0.3, 0.4) is 0 Å². The van der Waals surface area contributed by atoms with Crippen LogP contribution in [-0.4, -0.2) is 31.6 Å². The van der Waals surface area contributed by atoms with Crippen LogP contribution in [0.2, 0.25) is 0 Å². The smallest absolute Gasteiger partial charge is 0.159 e. The molecule has 100 valence electrons. The van der Waals surface area contributed by atoms with Crippen molar-refractivity contribution in [3.63, 3.8) is 0 Å². The maximum atomic E-state index is 12.8. The first-order valence-corrected chi connectivity index (χ1v) is 7.21. The van der Waals surface area contributed by atoms with Crippen LogP contribution >= 0.6 is 0 Å². The van der Waals surface area contributed by atoms with Crippen molar-refractivity contribution in [1.29, 1.82) is 0 Å². The van der Waals surface area contributed by atoms with E-state index in [4.69, 9.17) is 5.11 Å². The van der Waals surface area contributed by atoms with Crippen LogP contribution in [0.4, 0.5) is 4.39 Å². The van der Waals surface area contributed by atoms with E-state index in [1.165, 1.54) is 12.1 Å². The van der Waals surface area contributed by atoms with E-state index in [0.717, 1.165) is 0 Å². The zero-order chi connectivity index (χ0) is 13.7. The summed E-state index contributed by atoms with van der Waals surface area (Å²) in [5.41, 5.74) is 1.34. The molecule has 2 rings (SSSR count). The summed E-state index contributed by atoms with van der Waals surface area (Å²) < 4.78 is 24.4. The summed E-state index contributed by atoms with van der Waals surface area (Å²) in [7, 11) is -1.14. The lowest BCUT2D eigenvalue weighted by molar-refractivity contribution is 0.321. The Morgan fingerprint density at radius 2 is 1.95 bits per heavy atom. The van der Waals surface area contributed by atoms with Gasteiger partial charge in [-0.05, 0) is 30.3 Å². The zero-order valence-corrected chi connectivity index (χ0v) is 10.9. The van der Waals surface area contributed by atoms with Gasteiger partial charge in [0, 0.05) is 28.3 Å². The summed E-state index contributed by atoms with van der Waals surface area (Å²) >= 11 is 0. The van der Waals surface area contributed by atoms with E-state index in [2.05, 4.69) is 9.97 Å². The first-order chi connectivity index (χ1) is 9.19. The van der Waals surface area contributed by atoms with Crippen LogP contribution in [0.5, 0.6) is 0 Å². The number of hydrogen-bond acceptors (Lipinski definition) is 4. The van der Waals surface area contributed by atoms with Crippen molar-refractivity contribution in [3.8, 4) is 11.4 Å². The second-order valence-corrected chi connectivity index (χ2v) is 5.47. The predicted octanol–water partition coefficient (Wildman–Crippen LogP) is 1.52. The van der Waals surface area contributed by atoms with Gasteiger partial charge in [-0.1, -0.05) is 0 Å². The Morgan fingerprint density at radius 3 is 2.63 bits per heavy atom. The number of aliphatic hydroxyl groups is 1. The van der Waals surface area contributed by atoms with Crippen LogP contribution in [0, 0.1) is 5.82 Å². The summed E-state index contributed by atoms with van der Waals surface area (Å²) in [6.45, 7) is -0.109. The van der Waals surface area contributed by atoms with Crippen molar-refractivity contribution in [2.45, 2.75) is 5.75 Å². The number of halogens is 1. The molecule has 0 bridgehead atoms. The van der Waals surface area contributed by atoms with Gasteiger partial charge in [0.2, 0.25) is 0 Å². The topological polar surface area (TPSA) is 63.1 Å². The van der Waals surface area contributed by atoms with Crippen molar-refractivity contribution < 1.29 is 13.7 Å². The van der Waals surface area contributed by atoms with E-state index >= 15 is 0 Å². The third-order valence-corrected chi connectivity index (χ3v) is 3.70. The van der Waals surface area contributed by atoms with Gasteiger partial charge in [-0.25, -0.2) is 14.4 Å².